The van der Waals surface area contributed by atoms with E-state index in [0.29, 0.717) is 11.5 Å². The molecule has 0 aromatic rings. The van der Waals surface area contributed by atoms with Gasteiger partial charge in [-0.1, -0.05) is 0 Å². The van der Waals surface area contributed by atoms with Crippen LogP contribution in [0.15, 0.2) is 0 Å². The average molecular weight is 169 g/mol. The van der Waals surface area contributed by atoms with Crippen LogP contribution in [0.2, 0.25) is 0 Å². The van der Waals surface area contributed by atoms with E-state index in [1.165, 1.54) is 32.1 Å². The van der Waals surface area contributed by atoms with E-state index in [9.17, 15) is 0 Å². The Labute approximate surface area is 72.1 Å². The fourth-order valence-electron chi connectivity index (χ4n) is 2.92. The number of rotatable bonds is 0. The number of thioether (sulfide) groups is 1. The van der Waals surface area contributed by atoms with Gasteiger partial charge in [-0.15, -0.1) is 0 Å². The Kier molecular flexibility index (Phi) is 1.21. The lowest BCUT2D eigenvalue weighted by atomic mass is 9.95. The predicted molar refractivity (Wildman–Crippen MR) is 48.7 cm³/mol. The van der Waals surface area contributed by atoms with Crippen molar-refractivity contribution in [2.45, 2.75) is 48.6 Å². The van der Waals surface area contributed by atoms with Crippen molar-refractivity contribution in [2.75, 3.05) is 0 Å². The first-order chi connectivity index (χ1) is 5.28. The van der Waals surface area contributed by atoms with Gasteiger partial charge in [0, 0.05) is 16.5 Å². The predicted octanol–water partition coefficient (Wildman–Crippen LogP) is 1.76. The minimum absolute atomic E-state index is 0.575. The summed E-state index contributed by atoms with van der Waals surface area (Å²) < 4.78 is 0. The van der Waals surface area contributed by atoms with Gasteiger partial charge in [0.15, 0.2) is 0 Å². The summed E-state index contributed by atoms with van der Waals surface area (Å²) >= 11 is 2.24. The molecule has 62 valence electrons. The summed E-state index contributed by atoms with van der Waals surface area (Å²) in [7, 11) is 0. The van der Waals surface area contributed by atoms with Crippen LogP contribution in [0, 0.1) is 5.41 Å². The van der Waals surface area contributed by atoms with E-state index in [1.54, 1.807) is 0 Å². The Hall–Kier alpha value is 0.310. The first kappa shape index (κ1) is 6.79. The highest BCUT2D eigenvalue weighted by Gasteiger charge is 2.57. The van der Waals surface area contributed by atoms with Crippen molar-refractivity contribution in [2.24, 2.45) is 11.1 Å². The van der Waals surface area contributed by atoms with Gasteiger partial charge >= 0.3 is 0 Å². The molecule has 1 spiro atoms. The van der Waals surface area contributed by atoms with Crippen LogP contribution in [-0.4, -0.2) is 16.5 Å². The highest BCUT2D eigenvalue weighted by atomic mass is 32.2. The molecule has 3 rings (SSSR count). The summed E-state index contributed by atoms with van der Waals surface area (Å²) in [6, 6.07) is 0.575. The lowest BCUT2D eigenvalue weighted by Gasteiger charge is -2.27. The maximum Gasteiger partial charge on any atom is 0.0103 e. The largest absolute Gasteiger partial charge is 0.327 e. The fraction of sp³-hybridized carbons (Fsp3) is 1.00. The van der Waals surface area contributed by atoms with Crippen LogP contribution in [0.1, 0.15) is 32.1 Å². The molecule has 2 heterocycles. The van der Waals surface area contributed by atoms with Crippen molar-refractivity contribution in [1.29, 1.82) is 0 Å². The molecule has 1 saturated carbocycles. The summed E-state index contributed by atoms with van der Waals surface area (Å²) in [4.78, 5) is 0. The lowest BCUT2D eigenvalue weighted by Crippen LogP contribution is -2.24. The molecule has 0 amide bonds. The van der Waals surface area contributed by atoms with Crippen LogP contribution in [0.25, 0.3) is 0 Å². The number of fused-ring (bicyclic) bond motifs is 2. The molecule has 0 aromatic heterocycles. The van der Waals surface area contributed by atoms with Crippen molar-refractivity contribution in [3.05, 3.63) is 0 Å². The zero-order valence-corrected chi connectivity index (χ0v) is 7.57. The molecular formula is C9H15NS. The Morgan fingerprint density at radius 1 is 1.09 bits per heavy atom. The van der Waals surface area contributed by atoms with Crippen LogP contribution < -0.4 is 5.73 Å². The van der Waals surface area contributed by atoms with E-state index in [-0.39, 0.29) is 0 Å². The van der Waals surface area contributed by atoms with Crippen LogP contribution in [0.5, 0.6) is 0 Å². The smallest absolute Gasteiger partial charge is 0.0103 e. The van der Waals surface area contributed by atoms with Crippen LogP contribution in [0.3, 0.4) is 0 Å². The van der Waals surface area contributed by atoms with Gasteiger partial charge < -0.3 is 5.73 Å². The van der Waals surface area contributed by atoms with E-state index in [1.807, 2.05) is 0 Å². The van der Waals surface area contributed by atoms with Gasteiger partial charge in [0.25, 0.3) is 0 Å². The molecule has 2 heteroatoms. The second-order valence-electron chi connectivity index (χ2n) is 4.54. The van der Waals surface area contributed by atoms with Crippen molar-refractivity contribution in [3.8, 4) is 0 Å². The summed E-state index contributed by atoms with van der Waals surface area (Å²) in [6.45, 7) is 0. The quantitative estimate of drug-likeness (QED) is 0.598. The van der Waals surface area contributed by atoms with Gasteiger partial charge in [0.05, 0.1) is 0 Å². The molecule has 2 N–H and O–H groups in total. The second-order valence-corrected chi connectivity index (χ2v) is 6.14. The van der Waals surface area contributed by atoms with E-state index < -0.39 is 0 Å². The Morgan fingerprint density at radius 3 is 2.09 bits per heavy atom. The number of nitrogens with two attached hydrogens (primary N) is 1. The fourth-order valence-corrected chi connectivity index (χ4v) is 4.86. The first-order valence-electron chi connectivity index (χ1n) is 4.70. The normalized spacial score (nSPS) is 60.3. The molecule has 0 radical (unpaired) electrons. The van der Waals surface area contributed by atoms with E-state index >= 15 is 0 Å². The van der Waals surface area contributed by atoms with Gasteiger partial charge in [-0.25, -0.2) is 0 Å². The molecule has 11 heavy (non-hydrogen) atoms. The minimum atomic E-state index is 0.575. The van der Waals surface area contributed by atoms with Gasteiger partial charge in [-0.2, -0.15) is 11.8 Å². The maximum atomic E-state index is 5.97. The van der Waals surface area contributed by atoms with Crippen molar-refractivity contribution in [1.82, 2.24) is 0 Å². The summed E-state index contributed by atoms with van der Waals surface area (Å²) in [5.41, 5.74) is 6.62. The average Bonchev–Trinajstić information content (AvgIpc) is 2.38. The Bertz CT molecular complexity index is 180. The molecule has 2 saturated heterocycles. The molecule has 2 bridgehead atoms. The molecule has 2 aliphatic heterocycles. The molecular weight excluding hydrogens is 154 g/mol. The topological polar surface area (TPSA) is 26.0 Å². The van der Waals surface area contributed by atoms with E-state index in [0.717, 1.165) is 10.5 Å². The molecule has 1 aliphatic carbocycles. The van der Waals surface area contributed by atoms with Crippen LogP contribution in [0.4, 0.5) is 0 Å². The monoisotopic (exact) mass is 169 g/mol. The molecule has 3 unspecified atom stereocenters. The van der Waals surface area contributed by atoms with E-state index in [2.05, 4.69) is 11.8 Å². The van der Waals surface area contributed by atoms with Gasteiger partial charge in [0.2, 0.25) is 0 Å². The number of hydrogen-bond acceptors (Lipinski definition) is 2. The van der Waals surface area contributed by atoms with Crippen LogP contribution in [-0.2, 0) is 0 Å². The Balaban J connectivity index is 1.82. The summed E-state index contributed by atoms with van der Waals surface area (Å²) in [6.07, 6.45) is 7.17. The van der Waals surface area contributed by atoms with Crippen molar-refractivity contribution >= 4 is 11.8 Å². The third-order valence-electron chi connectivity index (χ3n) is 3.72. The molecule has 3 fully saturated rings. The molecule has 3 aliphatic rings. The van der Waals surface area contributed by atoms with Gasteiger partial charge in [-0.3, -0.25) is 0 Å². The highest BCUT2D eigenvalue weighted by molar-refractivity contribution is 8.00. The maximum absolute atomic E-state index is 5.97. The lowest BCUT2D eigenvalue weighted by molar-refractivity contribution is 0.416. The summed E-state index contributed by atoms with van der Waals surface area (Å²) in [5.74, 6) is 0. The standard InChI is InChI=1S/C9H15NS/c10-8-5-9(8)3-6-1-2-7(4-9)11-6/h6-8H,1-5,10H2. The van der Waals surface area contributed by atoms with Crippen molar-refractivity contribution < 1.29 is 0 Å². The number of hydrogen-bond donors (Lipinski definition) is 1. The molecule has 1 nitrogen and oxygen atoms in total. The summed E-state index contributed by atoms with van der Waals surface area (Å²) in [5, 5.41) is 1.98. The Morgan fingerprint density at radius 2 is 1.64 bits per heavy atom. The zero-order chi connectivity index (χ0) is 7.47. The first-order valence-corrected chi connectivity index (χ1v) is 5.64. The zero-order valence-electron chi connectivity index (χ0n) is 6.75. The molecule has 0 aromatic carbocycles. The van der Waals surface area contributed by atoms with Crippen LogP contribution >= 0.6 is 11.8 Å². The molecule has 3 atom stereocenters. The SMILES string of the molecule is NC1CC12CC1CCC(C2)S1. The third-order valence-corrected chi connectivity index (χ3v) is 5.29. The van der Waals surface area contributed by atoms with Gasteiger partial charge in [-0.05, 0) is 37.5 Å². The highest BCUT2D eigenvalue weighted by Crippen LogP contribution is 2.62. The minimum Gasteiger partial charge on any atom is -0.327 e. The second kappa shape index (κ2) is 1.97. The van der Waals surface area contributed by atoms with E-state index in [4.69, 9.17) is 5.73 Å². The van der Waals surface area contributed by atoms with Gasteiger partial charge in [0.1, 0.15) is 0 Å². The third kappa shape index (κ3) is 0.888. The van der Waals surface area contributed by atoms with Crippen molar-refractivity contribution in [3.63, 3.8) is 0 Å².